The number of hydrogen-bond donors (Lipinski definition) is 5. The first-order valence-corrected chi connectivity index (χ1v) is 12.8. The summed E-state index contributed by atoms with van der Waals surface area (Å²) in [5, 5.41) is 33.8. The van der Waals surface area contributed by atoms with E-state index in [-0.39, 0.29) is 25.0 Å². The lowest BCUT2D eigenvalue weighted by Gasteiger charge is -2.29. The lowest BCUT2D eigenvalue weighted by atomic mass is 9.82. The van der Waals surface area contributed by atoms with Crippen LogP contribution in [0.2, 0.25) is 0 Å². The topological polar surface area (TPSA) is 142 Å². The van der Waals surface area contributed by atoms with E-state index in [2.05, 4.69) is 5.32 Å². The summed E-state index contributed by atoms with van der Waals surface area (Å²) in [6, 6.07) is 4.40. The molecule has 0 radical (unpaired) electrons. The average molecular weight is 521 g/mol. The normalized spacial score (nSPS) is 28.6. The molecule has 0 unspecified atom stereocenters. The van der Waals surface area contributed by atoms with Crippen LogP contribution in [0.1, 0.15) is 52.5 Å². The van der Waals surface area contributed by atoms with Gasteiger partial charge in [-0.2, -0.15) is 0 Å². The van der Waals surface area contributed by atoms with Gasteiger partial charge in [-0.1, -0.05) is 26.0 Å². The Labute approximate surface area is 218 Å². The van der Waals surface area contributed by atoms with Gasteiger partial charge >= 0.3 is 6.09 Å². The molecule has 0 aromatic heterocycles. The van der Waals surface area contributed by atoms with Gasteiger partial charge in [0.05, 0.1) is 6.10 Å². The molecule has 0 fully saturated rings. The van der Waals surface area contributed by atoms with Crippen LogP contribution in [-0.2, 0) is 16.0 Å². The number of aliphatic hydroxyl groups excluding tert-OH is 3. The van der Waals surface area contributed by atoms with Crippen LogP contribution in [0.25, 0.3) is 0 Å². The zero-order valence-corrected chi connectivity index (χ0v) is 22.1. The number of hydrogen-bond acceptors (Lipinski definition) is 6. The number of amides is 2. The van der Waals surface area contributed by atoms with Crippen LogP contribution < -0.4 is 11.1 Å². The molecular weight excluding hydrogens is 479 g/mol. The van der Waals surface area contributed by atoms with Crippen molar-refractivity contribution in [1.29, 1.82) is 0 Å². The summed E-state index contributed by atoms with van der Waals surface area (Å²) in [4.78, 5) is 24.3. The third kappa shape index (κ3) is 9.25. The molecule has 1 aliphatic rings. The van der Waals surface area contributed by atoms with Gasteiger partial charge in [0.25, 0.3) is 5.91 Å². The van der Waals surface area contributed by atoms with Gasteiger partial charge in [-0.3, -0.25) is 4.79 Å². The Kier molecular flexibility index (Phi) is 11.7. The third-order valence-electron chi connectivity index (χ3n) is 6.99. The molecule has 206 valence electrons. The number of rotatable bonds is 3. The highest BCUT2D eigenvalue weighted by molar-refractivity contribution is 6.03. The minimum atomic E-state index is -0.982. The fraction of sp³-hybridized carbons (Fsp3) is 0.571. The maximum absolute atomic E-state index is 14.3. The summed E-state index contributed by atoms with van der Waals surface area (Å²) >= 11 is 0. The van der Waals surface area contributed by atoms with E-state index in [1.807, 2.05) is 13.8 Å². The molecular formula is C28H41FN2O6. The predicted molar refractivity (Wildman–Crippen MR) is 140 cm³/mol. The molecule has 6 atom stereocenters. The number of fused-ring (bicyclic) bond motifs is 2. The maximum Gasteiger partial charge on any atom is 0.405 e. The predicted octanol–water partition coefficient (Wildman–Crippen LogP) is 3.70. The number of nitrogens with one attached hydrogen (secondary N) is 1. The van der Waals surface area contributed by atoms with Crippen molar-refractivity contribution in [2.45, 2.75) is 65.6 Å². The number of aliphatic hydroxyl groups is 3. The Hall–Kier alpha value is -2.75. The molecule has 2 rings (SSSR count). The van der Waals surface area contributed by atoms with Crippen LogP contribution in [-0.4, -0.2) is 52.7 Å². The molecule has 8 nitrogen and oxygen atoms in total. The first-order chi connectivity index (χ1) is 17.4. The van der Waals surface area contributed by atoms with Crippen molar-refractivity contribution in [3.8, 4) is 0 Å². The Morgan fingerprint density at radius 1 is 1.16 bits per heavy atom. The summed E-state index contributed by atoms with van der Waals surface area (Å²) in [6.07, 6.45) is 2.57. The van der Waals surface area contributed by atoms with Crippen LogP contribution in [0, 0.1) is 29.5 Å². The number of allylic oxidation sites excluding steroid dienone is 1. The van der Waals surface area contributed by atoms with Crippen molar-refractivity contribution in [3.05, 3.63) is 52.9 Å². The highest BCUT2D eigenvalue weighted by Gasteiger charge is 2.29. The SMILES string of the molecule is CC1=CCC[C@H](CO)[C@@H](OC(N)=O)C(C)=C[C@H](C)[C@@H](O)[C@@H](CO)C[C@H](C)Cc2cc(F)cc(c2)NC1=O. The molecule has 0 saturated heterocycles. The number of primary amides is 1. The Morgan fingerprint density at radius 3 is 2.46 bits per heavy atom. The number of ether oxygens (including phenoxy) is 1. The molecule has 1 aromatic rings. The monoisotopic (exact) mass is 520 g/mol. The van der Waals surface area contributed by atoms with E-state index in [4.69, 9.17) is 10.5 Å². The Morgan fingerprint density at radius 2 is 1.84 bits per heavy atom. The lowest BCUT2D eigenvalue weighted by Crippen LogP contribution is -2.34. The van der Waals surface area contributed by atoms with E-state index in [1.165, 1.54) is 12.1 Å². The van der Waals surface area contributed by atoms with Crippen molar-refractivity contribution >= 4 is 17.7 Å². The van der Waals surface area contributed by atoms with Crippen LogP contribution in [0.3, 0.4) is 0 Å². The number of halogens is 1. The van der Waals surface area contributed by atoms with Crippen LogP contribution in [0.4, 0.5) is 14.9 Å². The number of carbonyl (C=O) groups is 2. The zero-order chi connectivity index (χ0) is 27.7. The van der Waals surface area contributed by atoms with Crippen molar-refractivity contribution in [2.24, 2.45) is 29.4 Å². The Balaban J connectivity index is 2.47. The molecule has 2 amide bonds. The summed E-state index contributed by atoms with van der Waals surface area (Å²) in [5.41, 5.74) is 7.40. The molecule has 1 heterocycles. The molecule has 9 heteroatoms. The molecule has 2 bridgehead atoms. The first-order valence-electron chi connectivity index (χ1n) is 12.8. The number of nitrogens with two attached hydrogens (primary N) is 1. The minimum absolute atomic E-state index is 0.00264. The van der Waals surface area contributed by atoms with E-state index in [1.54, 1.807) is 32.1 Å². The fourth-order valence-electron chi connectivity index (χ4n) is 5.06. The standard InChI is InChI=1S/C28H41FN2O6/c1-16-8-20-11-23(29)13-24(12-20)31-27(35)17(2)6-5-7-21(14-32)26(37-28(30)36)19(4)10-18(3)25(34)22(9-16)15-33/h6,10-13,16,18,21-22,25-26,32-34H,5,7-9,14-15H2,1-4H3,(H2,30,36)(H,31,35)/t16-,18+,21-,22-,25-,26+/m1/s1. The van der Waals surface area contributed by atoms with E-state index in [0.29, 0.717) is 48.1 Å². The second-order valence-corrected chi connectivity index (χ2v) is 10.3. The van der Waals surface area contributed by atoms with Crippen LogP contribution in [0.5, 0.6) is 0 Å². The Bertz CT molecular complexity index is 995. The second kappa shape index (κ2) is 14.3. The summed E-state index contributed by atoms with van der Waals surface area (Å²) in [5.74, 6) is -2.17. The summed E-state index contributed by atoms with van der Waals surface area (Å²) < 4.78 is 19.7. The molecule has 1 aliphatic heterocycles. The molecule has 0 spiro atoms. The average Bonchev–Trinajstić information content (AvgIpc) is 2.82. The largest absolute Gasteiger partial charge is 0.441 e. The lowest BCUT2D eigenvalue weighted by molar-refractivity contribution is -0.112. The molecule has 1 aromatic carbocycles. The fourth-order valence-corrected chi connectivity index (χ4v) is 5.06. The highest BCUT2D eigenvalue weighted by atomic mass is 19.1. The number of benzene rings is 1. The van der Waals surface area contributed by atoms with Crippen molar-refractivity contribution in [2.75, 3.05) is 18.5 Å². The van der Waals surface area contributed by atoms with Crippen molar-refractivity contribution in [1.82, 2.24) is 0 Å². The highest BCUT2D eigenvalue weighted by Crippen LogP contribution is 2.28. The molecule has 6 N–H and O–H groups in total. The van der Waals surface area contributed by atoms with Crippen LogP contribution >= 0.6 is 0 Å². The van der Waals surface area contributed by atoms with E-state index in [0.717, 1.165) is 0 Å². The summed E-state index contributed by atoms with van der Waals surface area (Å²) in [6.45, 7) is 6.63. The van der Waals surface area contributed by atoms with Gasteiger partial charge in [-0.15, -0.1) is 0 Å². The minimum Gasteiger partial charge on any atom is -0.441 e. The molecule has 37 heavy (non-hydrogen) atoms. The smallest absolute Gasteiger partial charge is 0.405 e. The van der Waals surface area contributed by atoms with Gasteiger partial charge in [0.1, 0.15) is 11.9 Å². The van der Waals surface area contributed by atoms with Crippen molar-refractivity contribution < 1.29 is 34.0 Å². The van der Waals surface area contributed by atoms with Gasteiger partial charge in [0.15, 0.2) is 0 Å². The molecule has 0 aliphatic carbocycles. The third-order valence-corrected chi connectivity index (χ3v) is 6.99. The quantitative estimate of drug-likeness (QED) is 0.385. The van der Waals surface area contributed by atoms with Crippen LogP contribution in [0.15, 0.2) is 41.5 Å². The van der Waals surface area contributed by atoms with Crippen molar-refractivity contribution in [3.63, 3.8) is 0 Å². The van der Waals surface area contributed by atoms with Gasteiger partial charge < -0.3 is 31.1 Å². The van der Waals surface area contributed by atoms with E-state index < -0.39 is 41.9 Å². The van der Waals surface area contributed by atoms with Gasteiger partial charge in [0, 0.05) is 42.2 Å². The summed E-state index contributed by atoms with van der Waals surface area (Å²) in [7, 11) is 0. The number of anilines is 1. The zero-order valence-electron chi connectivity index (χ0n) is 22.1. The van der Waals surface area contributed by atoms with Gasteiger partial charge in [0.2, 0.25) is 0 Å². The van der Waals surface area contributed by atoms with E-state index in [9.17, 15) is 29.3 Å². The van der Waals surface area contributed by atoms with E-state index >= 15 is 0 Å². The second-order valence-electron chi connectivity index (χ2n) is 10.3. The first kappa shape index (κ1) is 30.5. The molecule has 0 saturated carbocycles. The van der Waals surface area contributed by atoms with Gasteiger partial charge in [-0.05, 0) is 74.8 Å². The maximum atomic E-state index is 14.3. The van der Waals surface area contributed by atoms with Gasteiger partial charge in [-0.25, -0.2) is 9.18 Å². The number of carbonyl (C=O) groups excluding carboxylic acids is 2.